The fraction of sp³-hybridized carbons (Fsp3) is 0.0566. The number of hydrogen-bond acceptors (Lipinski definition) is 1. The highest BCUT2D eigenvalue weighted by atomic mass is 16.3. The fourth-order valence-corrected chi connectivity index (χ4v) is 9.49. The maximum Gasteiger partial charge on any atom is 0.137 e. The molecule has 1 unspecified atom stereocenters. The predicted octanol–water partition coefficient (Wildman–Crippen LogP) is 14.6. The van der Waals surface area contributed by atoms with Gasteiger partial charge in [0.2, 0.25) is 0 Å². The third-order valence-corrected chi connectivity index (χ3v) is 12.1. The van der Waals surface area contributed by atoms with Gasteiger partial charge >= 0.3 is 0 Å². The Kier molecular flexibility index (Phi) is 6.67. The Balaban J connectivity index is 1.04. The smallest absolute Gasteiger partial charge is 0.137 e. The molecule has 0 N–H and O–H groups in total. The quantitative estimate of drug-likeness (QED) is 0.178. The zero-order valence-electron chi connectivity index (χ0n) is 30.9. The van der Waals surface area contributed by atoms with Gasteiger partial charge in [-0.05, 0) is 106 Å². The number of nitrogens with zero attached hydrogens (tertiary/aromatic N) is 2. The average Bonchev–Trinajstić information content (AvgIpc) is 3.91. The van der Waals surface area contributed by atoms with E-state index < -0.39 is 0 Å². The van der Waals surface area contributed by atoms with Crippen molar-refractivity contribution in [3.63, 3.8) is 0 Å². The first kappa shape index (κ1) is 31.3. The molecule has 3 heterocycles. The lowest BCUT2D eigenvalue weighted by Gasteiger charge is -2.21. The molecular formula is C53H36N2O. The van der Waals surface area contributed by atoms with E-state index in [9.17, 15) is 0 Å². The van der Waals surface area contributed by atoms with Crippen LogP contribution in [0.4, 0.5) is 0 Å². The molecule has 0 amide bonds. The summed E-state index contributed by atoms with van der Waals surface area (Å²) in [6, 6.07) is 62.0. The SMILES string of the molecule is CC1CC=Cc2ccc3c4cc(-c5ccc6c(c5)c5ccccc5n6-c5ccc(-c6ccccc6)cc5)ccc4n(-c4ccc5c(c4)oc4ccccc45)c3c21. The Bertz CT molecular complexity index is 3390. The second kappa shape index (κ2) is 11.9. The van der Waals surface area contributed by atoms with Crippen LogP contribution in [0.15, 0.2) is 180 Å². The Morgan fingerprint density at radius 3 is 1.88 bits per heavy atom. The molecule has 56 heavy (non-hydrogen) atoms. The third-order valence-electron chi connectivity index (χ3n) is 12.1. The predicted molar refractivity (Wildman–Crippen MR) is 235 cm³/mol. The van der Waals surface area contributed by atoms with Crippen LogP contribution in [0.3, 0.4) is 0 Å². The van der Waals surface area contributed by atoms with Gasteiger partial charge in [0.1, 0.15) is 11.2 Å². The molecule has 0 spiro atoms. The lowest BCUT2D eigenvalue weighted by molar-refractivity contribution is 0.668. The molecule has 0 saturated heterocycles. The molecule has 11 aromatic rings. The van der Waals surface area contributed by atoms with Crippen LogP contribution < -0.4 is 0 Å². The minimum absolute atomic E-state index is 0.408. The number of para-hydroxylation sites is 2. The third kappa shape index (κ3) is 4.58. The summed E-state index contributed by atoms with van der Waals surface area (Å²) in [5.74, 6) is 0.408. The summed E-state index contributed by atoms with van der Waals surface area (Å²) in [6.45, 7) is 2.36. The molecular weight excluding hydrogens is 681 g/mol. The molecule has 3 aromatic heterocycles. The van der Waals surface area contributed by atoms with E-state index in [1.165, 1.54) is 77.0 Å². The van der Waals surface area contributed by atoms with Gasteiger partial charge in [0.25, 0.3) is 0 Å². The van der Waals surface area contributed by atoms with Crippen LogP contribution in [0, 0.1) is 0 Å². The van der Waals surface area contributed by atoms with Gasteiger partial charge in [-0.3, -0.25) is 0 Å². The number of benzene rings is 8. The van der Waals surface area contributed by atoms with Crippen LogP contribution in [0.5, 0.6) is 0 Å². The van der Waals surface area contributed by atoms with Crippen molar-refractivity contribution in [3.05, 3.63) is 187 Å². The first-order valence-corrected chi connectivity index (χ1v) is 19.6. The Hall–Kier alpha value is -7.10. The maximum absolute atomic E-state index is 6.42. The van der Waals surface area contributed by atoms with E-state index >= 15 is 0 Å². The second-order valence-corrected chi connectivity index (χ2v) is 15.3. The number of rotatable bonds is 4. The van der Waals surface area contributed by atoms with Crippen molar-refractivity contribution < 1.29 is 4.42 Å². The highest BCUT2D eigenvalue weighted by molar-refractivity contribution is 6.14. The second-order valence-electron chi connectivity index (χ2n) is 15.3. The monoisotopic (exact) mass is 716 g/mol. The number of hydrogen-bond donors (Lipinski definition) is 0. The molecule has 3 nitrogen and oxygen atoms in total. The van der Waals surface area contributed by atoms with Gasteiger partial charge in [-0.25, -0.2) is 0 Å². The fourth-order valence-electron chi connectivity index (χ4n) is 9.49. The van der Waals surface area contributed by atoms with Crippen molar-refractivity contribution in [1.29, 1.82) is 0 Å². The van der Waals surface area contributed by atoms with Crippen molar-refractivity contribution >= 4 is 71.6 Å². The highest BCUT2D eigenvalue weighted by Gasteiger charge is 2.23. The Morgan fingerprint density at radius 1 is 0.446 bits per heavy atom. The van der Waals surface area contributed by atoms with Gasteiger partial charge in [0, 0.05) is 49.8 Å². The molecule has 0 saturated carbocycles. The molecule has 1 aliphatic rings. The standard InChI is InChI=1S/C53H36N2O/c1-33-10-9-13-36-20-26-44-46-31-38(22-29-49(46)55(53(44)52(33)36)40-25-27-43-42-15-6-8-17-50(42)56-51(43)32-40)37-21-28-48-45(30-37)41-14-5-7-16-47(41)54(48)39-23-18-35(19-24-39)34-11-3-2-4-12-34/h2-9,11-33H,10H2,1H3. The molecule has 0 fully saturated rings. The molecule has 3 heteroatoms. The zero-order chi connectivity index (χ0) is 36.9. The van der Waals surface area contributed by atoms with E-state index in [4.69, 9.17) is 4.42 Å². The summed E-state index contributed by atoms with van der Waals surface area (Å²) in [7, 11) is 0. The van der Waals surface area contributed by atoms with Crippen LogP contribution in [0.1, 0.15) is 30.4 Å². The molecule has 0 aliphatic heterocycles. The van der Waals surface area contributed by atoms with Crippen molar-refractivity contribution in [3.8, 4) is 33.6 Å². The van der Waals surface area contributed by atoms with Gasteiger partial charge in [-0.15, -0.1) is 0 Å². The largest absolute Gasteiger partial charge is 0.456 e. The van der Waals surface area contributed by atoms with Gasteiger partial charge in [0.15, 0.2) is 0 Å². The van der Waals surface area contributed by atoms with Gasteiger partial charge in [-0.1, -0.05) is 122 Å². The van der Waals surface area contributed by atoms with Crippen molar-refractivity contribution in [2.45, 2.75) is 19.3 Å². The van der Waals surface area contributed by atoms with Gasteiger partial charge in [-0.2, -0.15) is 0 Å². The van der Waals surface area contributed by atoms with Crippen LogP contribution in [0.25, 0.3) is 105 Å². The minimum Gasteiger partial charge on any atom is -0.456 e. The number of furan rings is 1. The van der Waals surface area contributed by atoms with E-state index in [0.717, 1.165) is 39.7 Å². The Morgan fingerprint density at radius 2 is 1.05 bits per heavy atom. The van der Waals surface area contributed by atoms with E-state index in [1.807, 2.05) is 6.07 Å². The van der Waals surface area contributed by atoms with Crippen molar-refractivity contribution in [2.75, 3.05) is 0 Å². The zero-order valence-corrected chi connectivity index (χ0v) is 30.9. The maximum atomic E-state index is 6.42. The van der Waals surface area contributed by atoms with Crippen molar-refractivity contribution in [1.82, 2.24) is 9.13 Å². The lowest BCUT2D eigenvalue weighted by atomic mass is 9.86. The number of allylic oxidation sites excluding steroid dienone is 1. The molecule has 0 bridgehead atoms. The average molecular weight is 717 g/mol. The molecule has 1 aliphatic carbocycles. The summed E-state index contributed by atoms with van der Waals surface area (Å²) in [5.41, 5.74) is 16.6. The van der Waals surface area contributed by atoms with Crippen LogP contribution in [0.2, 0.25) is 0 Å². The van der Waals surface area contributed by atoms with Gasteiger partial charge in [0.05, 0.1) is 22.1 Å². The number of fused-ring (bicyclic) bond motifs is 11. The Labute approximate surface area is 324 Å². The van der Waals surface area contributed by atoms with E-state index in [2.05, 4.69) is 192 Å². The van der Waals surface area contributed by atoms with Crippen LogP contribution in [-0.4, -0.2) is 9.13 Å². The summed E-state index contributed by atoms with van der Waals surface area (Å²) in [6.07, 6.45) is 5.65. The topological polar surface area (TPSA) is 23.0 Å². The molecule has 1 atom stereocenters. The first-order valence-electron chi connectivity index (χ1n) is 19.6. The summed E-state index contributed by atoms with van der Waals surface area (Å²) in [4.78, 5) is 0. The molecule has 0 radical (unpaired) electrons. The van der Waals surface area contributed by atoms with Crippen LogP contribution >= 0.6 is 0 Å². The molecule has 12 rings (SSSR count). The summed E-state index contributed by atoms with van der Waals surface area (Å²) >= 11 is 0. The normalized spacial score (nSPS) is 14.2. The van der Waals surface area contributed by atoms with E-state index in [1.54, 1.807) is 0 Å². The number of aromatic nitrogens is 2. The minimum atomic E-state index is 0.408. The van der Waals surface area contributed by atoms with Crippen molar-refractivity contribution in [2.24, 2.45) is 0 Å². The van der Waals surface area contributed by atoms with Crippen LogP contribution in [-0.2, 0) is 0 Å². The highest BCUT2D eigenvalue weighted by Crippen LogP contribution is 2.44. The summed E-state index contributed by atoms with van der Waals surface area (Å²) in [5, 5.41) is 7.34. The lowest BCUT2D eigenvalue weighted by Crippen LogP contribution is -2.04. The molecule has 264 valence electrons. The summed E-state index contributed by atoms with van der Waals surface area (Å²) < 4.78 is 11.3. The van der Waals surface area contributed by atoms with Gasteiger partial charge < -0.3 is 13.6 Å². The van der Waals surface area contributed by atoms with E-state index in [0.29, 0.717) is 5.92 Å². The first-order chi connectivity index (χ1) is 27.7. The van der Waals surface area contributed by atoms with E-state index in [-0.39, 0.29) is 0 Å². The molecule has 8 aromatic carbocycles.